The van der Waals surface area contributed by atoms with E-state index in [1.165, 1.54) is 0 Å². The zero-order valence-corrected chi connectivity index (χ0v) is 8.52. The van der Waals surface area contributed by atoms with Crippen LogP contribution in [0.1, 0.15) is 25.5 Å². The largest absolute Gasteiger partial charge is 0.271 e. The van der Waals surface area contributed by atoms with Crippen LogP contribution in [0.25, 0.3) is 0 Å². The van der Waals surface area contributed by atoms with E-state index in [1.54, 1.807) is 13.8 Å². The van der Waals surface area contributed by atoms with Gasteiger partial charge in [0.2, 0.25) is 0 Å². The Balaban J connectivity index is 3.23. The number of hydrogen-bond donors (Lipinski definition) is 2. The van der Waals surface area contributed by atoms with Crippen LogP contribution < -0.4 is 11.3 Å². The van der Waals surface area contributed by atoms with Gasteiger partial charge in [-0.3, -0.25) is 11.3 Å². The average molecular weight is 218 g/mol. The van der Waals surface area contributed by atoms with Crippen LogP contribution in [0.4, 0.5) is 13.2 Å². The van der Waals surface area contributed by atoms with Gasteiger partial charge in [-0.05, 0) is 5.92 Å². The lowest BCUT2D eigenvalue weighted by Crippen LogP contribution is -2.33. The second-order valence-electron chi connectivity index (χ2n) is 3.67. The minimum Gasteiger partial charge on any atom is -0.271 e. The first kappa shape index (κ1) is 12.0. The lowest BCUT2D eigenvalue weighted by molar-refractivity contribution is 0.384. The minimum atomic E-state index is -0.937. The molecule has 1 aromatic rings. The molecule has 15 heavy (non-hydrogen) atoms. The summed E-state index contributed by atoms with van der Waals surface area (Å²) in [6, 6.07) is 0.613. The Hall–Kier alpha value is -1.07. The van der Waals surface area contributed by atoms with Crippen LogP contribution in [0, 0.1) is 23.4 Å². The zero-order valence-electron chi connectivity index (χ0n) is 8.52. The molecule has 0 spiro atoms. The molecule has 0 bridgehead atoms. The summed E-state index contributed by atoms with van der Waals surface area (Å²) in [4.78, 5) is 0. The van der Waals surface area contributed by atoms with Gasteiger partial charge in [0.1, 0.15) is 17.5 Å². The van der Waals surface area contributed by atoms with Crippen molar-refractivity contribution in [2.24, 2.45) is 11.8 Å². The fourth-order valence-electron chi connectivity index (χ4n) is 1.46. The molecule has 3 N–H and O–H groups in total. The maximum atomic E-state index is 13.3. The van der Waals surface area contributed by atoms with Gasteiger partial charge in [0, 0.05) is 17.7 Å². The average Bonchev–Trinajstić information content (AvgIpc) is 2.09. The summed E-state index contributed by atoms with van der Waals surface area (Å²) >= 11 is 0. The fourth-order valence-corrected chi connectivity index (χ4v) is 1.46. The highest BCUT2D eigenvalue weighted by molar-refractivity contribution is 5.24. The third-order valence-corrected chi connectivity index (χ3v) is 2.20. The molecule has 0 aliphatic heterocycles. The van der Waals surface area contributed by atoms with E-state index in [0.29, 0.717) is 12.1 Å². The summed E-state index contributed by atoms with van der Waals surface area (Å²) in [6.07, 6.45) is 0. The molecule has 0 saturated carbocycles. The summed E-state index contributed by atoms with van der Waals surface area (Å²) in [5.74, 6) is 2.31. The molecule has 5 heteroatoms. The van der Waals surface area contributed by atoms with Crippen molar-refractivity contribution in [2.45, 2.75) is 19.9 Å². The van der Waals surface area contributed by atoms with Crippen molar-refractivity contribution in [1.29, 1.82) is 0 Å². The number of nitrogens with two attached hydrogens (primary N) is 1. The van der Waals surface area contributed by atoms with Crippen molar-refractivity contribution in [3.63, 3.8) is 0 Å². The lowest BCUT2D eigenvalue weighted by Gasteiger charge is -2.21. The van der Waals surface area contributed by atoms with E-state index in [0.717, 1.165) is 0 Å². The molecular formula is C10H13F3N2. The summed E-state index contributed by atoms with van der Waals surface area (Å²) in [5, 5.41) is 0. The van der Waals surface area contributed by atoms with Gasteiger partial charge in [0.05, 0.1) is 6.04 Å². The smallest absolute Gasteiger partial charge is 0.133 e. The maximum absolute atomic E-state index is 13.3. The Labute approximate surface area is 86.2 Å². The molecule has 1 aromatic carbocycles. The van der Waals surface area contributed by atoms with E-state index in [-0.39, 0.29) is 11.5 Å². The number of nitrogens with one attached hydrogen (secondary N) is 1. The molecule has 0 amide bonds. The topological polar surface area (TPSA) is 38.0 Å². The summed E-state index contributed by atoms with van der Waals surface area (Å²) in [5.41, 5.74) is 2.09. The van der Waals surface area contributed by atoms with Crippen LogP contribution in [0.3, 0.4) is 0 Å². The normalized spacial score (nSPS) is 13.3. The standard InChI is InChI=1S/C10H13F3N2/c1-5(2)10(15-14)9-7(12)3-6(11)4-8(9)13/h3-5,10,15H,14H2,1-2H3. The Morgan fingerprint density at radius 1 is 1.13 bits per heavy atom. The lowest BCUT2D eigenvalue weighted by atomic mass is 9.95. The highest BCUT2D eigenvalue weighted by Crippen LogP contribution is 2.26. The first-order chi connectivity index (χ1) is 6.97. The van der Waals surface area contributed by atoms with Crippen LogP contribution in [0.15, 0.2) is 12.1 Å². The van der Waals surface area contributed by atoms with Gasteiger partial charge < -0.3 is 0 Å². The number of benzene rings is 1. The molecule has 2 nitrogen and oxygen atoms in total. The molecule has 0 heterocycles. The summed E-state index contributed by atoms with van der Waals surface area (Å²) in [6.45, 7) is 3.51. The van der Waals surface area contributed by atoms with Crippen LogP contribution >= 0.6 is 0 Å². The van der Waals surface area contributed by atoms with Crippen molar-refractivity contribution in [3.05, 3.63) is 35.1 Å². The summed E-state index contributed by atoms with van der Waals surface area (Å²) < 4.78 is 39.3. The molecule has 84 valence electrons. The first-order valence-corrected chi connectivity index (χ1v) is 4.58. The quantitative estimate of drug-likeness (QED) is 0.603. The number of hydrazine groups is 1. The van der Waals surface area contributed by atoms with E-state index in [4.69, 9.17) is 5.84 Å². The van der Waals surface area contributed by atoms with E-state index in [1.807, 2.05) is 0 Å². The Bertz CT molecular complexity index is 330. The van der Waals surface area contributed by atoms with Crippen molar-refractivity contribution in [2.75, 3.05) is 0 Å². The monoisotopic (exact) mass is 218 g/mol. The van der Waals surface area contributed by atoms with Crippen LogP contribution in [-0.2, 0) is 0 Å². The van der Waals surface area contributed by atoms with Crippen LogP contribution in [0.5, 0.6) is 0 Å². The Morgan fingerprint density at radius 2 is 1.60 bits per heavy atom. The molecule has 1 rings (SSSR count). The third-order valence-electron chi connectivity index (χ3n) is 2.20. The van der Waals surface area contributed by atoms with Gasteiger partial charge in [-0.15, -0.1) is 0 Å². The molecule has 1 atom stereocenters. The molecule has 0 aromatic heterocycles. The Morgan fingerprint density at radius 3 is 1.93 bits per heavy atom. The SMILES string of the molecule is CC(C)C(NN)c1c(F)cc(F)cc1F. The predicted molar refractivity (Wildman–Crippen MR) is 51.2 cm³/mol. The molecule has 0 saturated heterocycles. The van der Waals surface area contributed by atoms with Gasteiger partial charge in [-0.2, -0.15) is 0 Å². The second kappa shape index (κ2) is 4.63. The molecule has 0 fully saturated rings. The van der Waals surface area contributed by atoms with E-state index >= 15 is 0 Å². The Kier molecular flexibility index (Phi) is 3.71. The third kappa shape index (κ3) is 2.49. The maximum Gasteiger partial charge on any atom is 0.133 e. The highest BCUT2D eigenvalue weighted by atomic mass is 19.1. The van der Waals surface area contributed by atoms with E-state index in [2.05, 4.69) is 5.43 Å². The zero-order chi connectivity index (χ0) is 11.6. The predicted octanol–water partition coefficient (Wildman–Crippen LogP) is 2.26. The van der Waals surface area contributed by atoms with Crippen molar-refractivity contribution in [1.82, 2.24) is 5.43 Å². The number of rotatable bonds is 3. The van der Waals surface area contributed by atoms with Crippen molar-refractivity contribution < 1.29 is 13.2 Å². The summed E-state index contributed by atoms with van der Waals surface area (Å²) in [7, 11) is 0. The van der Waals surface area contributed by atoms with Crippen LogP contribution in [-0.4, -0.2) is 0 Å². The van der Waals surface area contributed by atoms with Gasteiger partial charge in [-0.25, -0.2) is 13.2 Å². The number of hydrogen-bond acceptors (Lipinski definition) is 2. The van der Waals surface area contributed by atoms with Gasteiger partial charge >= 0.3 is 0 Å². The van der Waals surface area contributed by atoms with Gasteiger partial charge in [-0.1, -0.05) is 13.8 Å². The fraction of sp³-hybridized carbons (Fsp3) is 0.400. The molecule has 1 unspecified atom stereocenters. The van der Waals surface area contributed by atoms with E-state index < -0.39 is 23.5 Å². The highest BCUT2D eigenvalue weighted by Gasteiger charge is 2.22. The molecule has 0 radical (unpaired) electrons. The molecule has 0 aliphatic rings. The van der Waals surface area contributed by atoms with Crippen molar-refractivity contribution in [3.8, 4) is 0 Å². The first-order valence-electron chi connectivity index (χ1n) is 4.58. The number of halogens is 3. The van der Waals surface area contributed by atoms with E-state index in [9.17, 15) is 13.2 Å². The molecular weight excluding hydrogens is 205 g/mol. The second-order valence-corrected chi connectivity index (χ2v) is 3.67. The van der Waals surface area contributed by atoms with Crippen LogP contribution in [0.2, 0.25) is 0 Å². The van der Waals surface area contributed by atoms with Gasteiger partial charge in [0.15, 0.2) is 0 Å². The minimum absolute atomic E-state index is 0.107. The van der Waals surface area contributed by atoms with Crippen molar-refractivity contribution >= 4 is 0 Å². The molecule has 0 aliphatic carbocycles. The van der Waals surface area contributed by atoms with Gasteiger partial charge in [0.25, 0.3) is 0 Å².